The minimum atomic E-state index is -0.319. The van der Waals surface area contributed by atoms with Crippen LogP contribution in [0.3, 0.4) is 0 Å². The third kappa shape index (κ3) is 3.25. The Balaban J connectivity index is 1.67. The molecule has 0 radical (unpaired) electrons. The molecule has 2 aromatic heterocycles. The molecule has 1 fully saturated rings. The van der Waals surface area contributed by atoms with Gasteiger partial charge in [0.2, 0.25) is 11.6 Å². The molecule has 1 saturated heterocycles. The molecular weight excluding hydrogens is 286 g/mol. The minimum Gasteiger partial charge on any atom is -0.472 e. The number of hydrogen-bond donors (Lipinski definition) is 1. The van der Waals surface area contributed by atoms with Crippen LogP contribution >= 0.6 is 0 Å². The highest BCUT2D eigenvalue weighted by atomic mass is 16.5. The monoisotopic (exact) mass is 303 g/mol. The summed E-state index contributed by atoms with van der Waals surface area (Å²) in [7, 11) is 0. The summed E-state index contributed by atoms with van der Waals surface area (Å²) in [6.07, 6.45) is 3.40. The van der Waals surface area contributed by atoms with Gasteiger partial charge < -0.3 is 19.2 Å². The standard InChI is InChI=1S/C15H17N3O4/c1-10-14(21-9-17-10)15(19)18-11-8-20-7-5-12(11)22-13-4-2-3-6-16-13/h2-4,6,9,11-12H,5,7-8H2,1H3,(H,18,19)/t11-,12-/m1/s1. The van der Waals surface area contributed by atoms with E-state index in [4.69, 9.17) is 13.9 Å². The van der Waals surface area contributed by atoms with Gasteiger partial charge in [0.25, 0.3) is 5.91 Å². The van der Waals surface area contributed by atoms with Crippen LogP contribution in [0.2, 0.25) is 0 Å². The second-order valence-electron chi connectivity index (χ2n) is 5.03. The van der Waals surface area contributed by atoms with Gasteiger partial charge in [0.15, 0.2) is 6.39 Å². The average Bonchev–Trinajstić information content (AvgIpc) is 2.96. The zero-order chi connectivity index (χ0) is 15.4. The van der Waals surface area contributed by atoms with Gasteiger partial charge in [-0.1, -0.05) is 6.07 Å². The first kappa shape index (κ1) is 14.5. The lowest BCUT2D eigenvalue weighted by Gasteiger charge is -2.31. The summed E-state index contributed by atoms with van der Waals surface area (Å²) in [6, 6.07) is 5.19. The molecule has 2 atom stereocenters. The number of carbonyl (C=O) groups is 1. The van der Waals surface area contributed by atoms with Crippen molar-refractivity contribution in [1.29, 1.82) is 0 Å². The molecule has 1 N–H and O–H groups in total. The van der Waals surface area contributed by atoms with E-state index in [2.05, 4.69) is 15.3 Å². The fourth-order valence-corrected chi connectivity index (χ4v) is 2.32. The van der Waals surface area contributed by atoms with E-state index in [1.807, 2.05) is 12.1 Å². The first-order chi connectivity index (χ1) is 10.7. The van der Waals surface area contributed by atoms with Crippen molar-refractivity contribution in [2.24, 2.45) is 0 Å². The predicted molar refractivity (Wildman–Crippen MR) is 76.6 cm³/mol. The quantitative estimate of drug-likeness (QED) is 0.917. The van der Waals surface area contributed by atoms with Gasteiger partial charge in [-0.25, -0.2) is 9.97 Å². The van der Waals surface area contributed by atoms with E-state index in [9.17, 15) is 4.79 Å². The van der Waals surface area contributed by atoms with Crippen LogP contribution in [0.5, 0.6) is 5.88 Å². The van der Waals surface area contributed by atoms with Crippen LogP contribution in [0.1, 0.15) is 22.7 Å². The van der Waals surface area contributed by atoms with Crippen molar-refractivity contribution in [3.8, 4) is 5.88 Å². The Labute approximate surface area is 127 Å². The molecule has 7 heteroatoms. The highest BCUT2D eigenvalue weighted by Crippen LogP contribution is 2.16. The van der Waals surface area contributed by atoms with Crippen LogP contribution in [0.25, 0.3) is 0 Å². The summed E-state index contributed by atoms with van der Waals surface area (Å²) in [5, 5.41) is 2.88. The number of nitrogens with zero attached hydrogens (tertiary/aromatic N) is 2. The molecule has 0 spiro atoms. The molecule has 1 aliphatic rings. The zero-order valence-corrected chi connectivity index (χ0v) is 12.2. The number of pyridine rings is 1. The molecule has 0 aromatic carbocycles. The third-order valence-corrected chi connectivity index (χ3v) is 3.47. The van der Waals surface area contributed by atoms with Gasteiger partial charge in [0, 0.05) is 18.7 Å². The number of hydrogen-bond acceptors (Lipinski definition) is 6. The van der Waals surface area contributed by atoms with Gasteiger partial charge in [-0.05, 0) is 13.0 Å². The summed E-state index contributed by atoms with van der Waals surface area (Å²) in [5.74, 6) is 0.423. The van der Waals surface area contributed by atoms with Crippen LogP contribution in [-0.4, -0.2) is 41.2 Å². The van der Waals surface area contributed by atoms with E-state index in [0.717, 1.165) is 0 Å². The Morgan fingerprint density at radius 3 is 3.05 bits per heavy atom. The lowest BCUT2D eigenvalue weighted by molar-refractivity contribution is -0.00481. The van der Waals surface area contributed by atoms with E-state index in [1.165, 1.54) is 6.39 Å². The van der Waals surface area contributed by atoms with Crippen molar-refractivity contribution < 1.29 is 18.7 Å². The smallest absolute Gasteiger partial charge is 0.289 e. The van der Waals surface area contributed by atoms with Crippen molar-refractivity contribution in [3.63, 3.8) is 0 Å². The third-order valence-electron chi connectivity index (χ3n) is 3.47. The SMILES string of the molecule is Cc1ncoc1C(=O)N[C@@H]1COCC[C@H]1Oc1ccccn1. The van der Waals surface area contributed by atoms with E-state index < -0.39 is 0 Å². The summed E-state index contributed by atoms with van der Waals surface area (Å²) in [6.45, 7) is 2.69. The zero-order valence-electron chi connectivity index (χ0n) is 12.2. The summed E-state index contributed by atoms with van der Waals surface area (Å²) < 4.78 is 16.4. The molecule has 0 bridgehead atoms. The minimum absolute atomic E-state index is 0.198. The maximum Gasteiger partial charge on any atom is 0.289 e. The van der Waals surface area contributed by atoms with Gasteiger partial charge in [0.05, 0.1) is 24.9 Å². The van der Waals surface area contributed by atoms with Gasteiger partial charge in [-0.2, -0.15) is 0 Å². The number of carbonyl (C=O) groups excluding carboxylic acids is 1. The largest absolute Gasteiger partial charge is 0.472 e. The first-order valence-corrected chi connectivity index (χ1v) is 7.10. The van der Waals surface area contributed by atoms with Crippen molar-refractivity contribution in [1.82, 2.24) is 15.3 Å². The van der Waals surface area contributed by atoms with Crippen molar-refractivity contribution in [2.45, 2.75) is 25.5 Å². The summed E-state index contributed by atoms with van der Waals surface area (Å²) in [4.78, 5) is 20.3. The Kier molecular flexibility index (Phi) is 4.34. The van der Waals surface area contributed by atoms with Gasteiger partial charge in [-0.3, -0.25) is 4.79 Å². The van der Waals surface area contributed by atoms with Crippen LogP contribution in [0, 0.1) is 6.92 Å². The van der Waals surface area contributed by atoms with Crippen molar-refractivity contribution in [2.75, 3.05) is 13.2 Å². The molecule has 1 amide bonds. The molecule has 0 aliphatic carbocycles. The van der Waals surface area contributed by atoms with E-state index in [1.54, 1.807) is 19.2 Å². The molecular formula is C15H17N3O4. The van der Waals surface area contributed by atoms with Gasteiger partial charge >= 0.3 is 0 Å². The van der Waals surface area contributed by atoms with Crippen LogP contribution in [-0.2, 0) is 4.74 Å². The maximum absolute atomic E-state index is 12.2. The van der Waals surface area contributed by atoms with Crippen LogP contribution in [0.4, 0.5) is 0 Å². The number of nitrogens with one attached hydrogen (secondary N) is 1. The van der Waals surface area contributed by atoms with Crippen LogP contribution < -0.4 is 10.1 Å². The summed E-state index contributed by atoms with van der Waals surface area (Å²) >= 11 is 0. The average molecular weight is 303 g/mol. The molecule has 7 nitrogen and oxygen atoms in total. The van der Waals surface area contributed by atoms with E-state index in [-0.39, 0.29) is 23.8 Å². The topological polar surface area (TPSA) is 86.5 Å². The second kappa shape index (κ2) is 6.57. The fourth-order valence-electron chi connectivity index (χ4n) is 2.32. The molecule has 116 valence electrons. The Bertz CT molecular complexity index is 629. The molecule has 2 aromatic rings. The molecule has 22 heavy (non-hydrogen) atoms. The Morgan fingerprint density at radius 2 is 2.32 bits per heavy atom. The first-order valence-electron chi connectivity index (χ1n) is 7.10. The number of oxazole rings is 1. The summed E-state index contributed by atoms with van der Waals surface area (Å²) in [5.41, 5.74) is 0.552. The Morgan fingerprint density at radius 1 is 1.41 bits per heavy atom. The van der Waals surface area contributed by atoms with Crippen molar-refractivity contribution in [3.05, 3.63) is 42.2 Å². The fraction of sp³-hybridized carbons (Fsp3) is 0.400. The predicted octanol–water partition coefficient (Wildman–Crippen LogP) is 1.34. The Hall–Kier alpha value is -2.41. The van der Waals surface area contributed by atoms with Gasteiger partial charge in [-0.15, -0.1) is 0 Å². The number of rotatable bonds is 4. The highest BCUT2D eigenvalue weighted by Gasteiger charge is 2.30. The normalized spacial score (nSPS) is 21.3. The molecule has 3 heterocycles. The number of ether oxygens (including phenoxy) is 2. The molecule has 3 rings (SSSR count). The lowest BCUT2D eigenvalue weighted by atomic mass is 10.1. The number of aryl methyl sites for hydroxylation is 1. The molecule has 1 aliphatic heterocycles. The number of aromatic nitrogens is 2. The highest BCUT2D eigenvalue weighted by molar-refractivity contribution is 5.92. The van der Waals surface area contributed by atoms with Crippen LogP contribution in [0.15, 0.2) is 35.2 Å². The lowest BCUT2D eigenvalue weighted by Crippen LogP contribution is -2.52. The van der Waals surface area contributed by atoms with Crippen molar-refractivity contribution >= 4 is 5.91 Å². The molecule has 0 saturated carbocycles. The number of amides is 1. The second-order valence-corrected chi connectivity index (χ2v) is 5.03. The maximum atomic E-state index is 12.2. The van der Waals surface area contributed by atoms with E-state index in [0.29, 0.717) is 31.2 Å². The van der Waals surface area contributed by atoms with E-state index >= 15 is 0 Å². The molecule has 0 unspecified atom stereocenters. The van der Waals surface area contributed by atoms with Gasteiger partial charge in [0.1, 0.15) is 6.10 Å².